The molecule has 0 aromatic heterocycles. The molecule has 5 heteroatoms. The van der Waals surface area contributed by atoms with Crippen LogP contribution in [0.25, 0.3) is 0 Å². The van der Waals surface area contributed by atoms with Crippen molar-refractivity contribution in [3.8, 4) is 0 Å². The predicted molar refractivity (Wildman–Crippen MR) is 78.7 cm³/mol. The number of benzene rings is 2. The van der Waals surface area contributed by atoms with E-state index in [4.69, 9.17) is 5.73 Å². The van der Waals surface area contributed by atoms with Gasteiger partial charge < -0.3 is 10.6 Å². The molecule has 22 heavy (non-hydrogen) atoms. The summed E-state index contributed by atoms with van der Waals surface area (Å²) in [6.45, 7) is 1.06. The van der Waals surface area contributed by atoms with E-state index in [0.29, 0.717) is 18.7 Å². The number of hydrogen-bond donors (Lipinski definition) is 1. The van der Waals surface area contributed by atoms with Crippen LogP contribution in [0.1, 0.15) is 16.7 Å². The van der Waals surface area contributed by atoms with Gasteiger partial charge in [0.2, 0.25) is 5.91 Å². The first-order chi connectivity index (χ1) is 10.5. The van der Waals surface area contributed by atoms with E-state index in [1.54, 1.807) is 4.90 Å². The Morgan fingerprint density at radius 3 is 2.18 bits per heavy atom. The van der Waals surface area contributed by atoms with Gasteiger partial charge in [-0.05, 0) is 35.2 Å². The lowest BCUT2D eigenvalue weighted by Crippen LogP contribution is -2.42. The maximum absolute atomic E-state index is 13.2. The first kappa shape index (κ1) is 14.7. The highest BCUT2D eigenvalue weighted by Gasteiger charge is 2.27. The maximum Gasteiger partial charge on any atom is 0.240 e. The molecule has 1 heterocycles. The van der Waals surface area contributed by atoms with Crippen LogP contribution in [-0.2, 0) is 24.3 Å². The number of carbonyl (C=O) groups is 1. The van der Waals surface area contributed by atoms with Crippen molar-refractivity contribution in [2.45, 2.75) is 25.6 Å². The summed E-state index contributed by atoms with van der Waals surface area (Å²) in [6, 6.07) is 10.2. The minimum absolute atomic E-state index is 0.111. The van der Waals surface area contributed by atoms with Gasteiger partial charge in [-0.25, -0.2) is 8.78 Å². The Labute approximate surface area is 127 Å². The molecule has 0 saturated heterocycles. The number of carbonyl (C=O) groups excluding carboxylic acids is 1. The Kier molecular flexibility index (Phi) is 3.90. The molecule has 114 valence electrons. The van der Waals surface area contributed by atoms with Gasteiger partial charge in [-0.3, -0.25) is 4.79 Å². The highest BCUT2D eigenvalue weighted by atomic mass is 19.1. The van der Waals surface area contributed by atoms with Crippen LogP contribution in [0.2, 0.25) is 0 Å². The van der Waals surface area contributed by atoms with Crippen molar-refractivity contribution in [3.63, 3.8) is 0 Å². The van der Waals surface area contributed by atoms with E-state index in [0.717, 1.165) is 17.2 Å². The molecular formula is C17H16F2N2O. The van der Waals surface area contributed by atoms with Crippen LogP contribution in [0.3, 0.4) is 0 Å². The largest absolute Gasteiger partial charge is 0.333 e. The third kappa shape index (κ3) is 2.99. The number of fused-ring (bicyclic) bond motifs is 1. The summed E-state index contributed by atoms with van der Waals surface area (Å²) in [6.07, 6.45) is 0.111. The molecule has 1 aliphatic rings. The molecule has 0 aliphatic carbocycles. The van der Waals surface area contributed by atoms with E-state index in [-0.39, 0.29) is 12.3 Å². The standard InChI is InChI=1S/C17H16F2N2O/c18-14-5-11(6-15(19)8-14)7-16(20)17(22)21-9-12-3-1-2-4-13(12)10-21/h1-6,8,16H,7,9-10,20H2. The van der Waals surface area contributed by atoms with Crippen LogP contribution in [0.15, 0.2) is 42.5 Å². The Hall–Kier alpha value is -2.27. The maximum atomic E-state index is 13.2. The normalized spacial score (nSPS) is 14.8. The van der Waals surface area contributed by atoms with Crippen LogP contribution in [0.4, 0.5) is 8.78 Å². The van der Waals surface area contributed by atoms with Gasteiger partial charge in [0.25, 0.3) is 0 Å². The van der Waals surface area contributed by atoms with Gasteiger partial charge in [0.15, 0.2) is 0 Å². The molecular weight excluding hydrogens is 286 g/mol. The number of rotatable bonds is 3. The van der Waals surface area contributed by atoms with Crippen molar-refractivity contribution in [3.05, 3.63) is 70.8 Å². The predicted octanol–water partition coefficient (Wildman–Crippen LogP) is 2.38. The Balaban J connectivity index is 1.68. The second-order valence-corrected chi connectivity index (χ2v) is 5.55. The van der Waals surface area contributed by atoms with E-state index >= 15 is 0 Å². The molecule has 3 nitrogen and oxygen atoms in total. The van der Waals surface area contributed by atoms with Crippen molar-refractivity contribution in [1.82, 2.24) is 4.90 Å². The second kappa shape index (κ2) is 5.85. The van der Waals surface area contributed by atoms with Gasteiger partial charge in [0.05, 0.1) is 6.04 Å². The molecule has 2 N–H and O–H groups in total. The van der Waals surface area contributed by atoms with Gasteiger partial charge in [0.1, 0.15) is 11.6 Å². The van der Waals surface area contributed by atoms with Crippen molar-refractivity contribution in [2.75, 3.05) is 0 Å². The summed E-state index contributed by atoms with van der Waals surface area (Å²) in [5, 5.41) is 0. The van der Waals surface area contributed by atoms with E-state index in [2.05, 4.69) is 0 Å². The van der Waals surface area contributed by atoms with Crippen LogP contribution in [0, 0.1) is 11.6 Å². The number of hydrogen-bond acceptors (Lipinski definition) is 2. The fourth-order valence-corrected chi connectivity index (χ4v) is 2.79. The number of amides is 1. The number of nitrogens with zero attached hydrogens (tertiary/aromatic N) is 1. The summed E-state index contributed by atoms with van der Waals surface area (Å²) in [4.78, 5) is 14.1. The summed E-state index contributed by atoms with van der Waals surface area (Å²) in [7, 11) is 0. The van der Waals surface area contributed by atoms with E-state index in [1.807, 2.05) is 24.3 Å². The molecule has 2 aromatic rings. The van der Waals surface area contributed by atoms with Gasteiger partial charge in [-0.1, -0.05) is 24.3 Å². The van der Waals surface area contributed by atoms with Crippen LogP contribution in [-0.4, -0.2) is 16.8 Å². The highest BCUT2D eigenvalue weighted by Crippen LogP contribution is 2.23. The molecule has 3 rings (SSSR count). The Morgan fingerprint density at radius 1 is 1.09 bits per heavy atom. The zero-order valence-corrected chi connectivity index (χ0v) is 11.9. The molecule has 1 unspecified atom stereocenters. The SMILES string of the molecule is NC(Cc1cc(F)cc(F)c1)C(=O)N1Cc2ccccc2C1. The zero-order chi connectivity index (χ0) is 15.7. The lowest BCUT2D eigenvalue weighted by atomic mass is 10.1. The van der Waals surface area contributed by atoms with E-state index in [9.17, 15) is 13.6 Å². The van der Waals surface area contributed by atoms with Gasteiger partial charge in [0, 0.05) is 19.2 Å². The minimum Gasteiger partial charge on any atom is -0.333 e. The lowest BCUT2D eigenvalue weighted by Gasteiger charge is -2.20. The zero-order valence-electron chi connectivity index (χ0n) is 11.9. The number of nitrogens with two attached hydrogens (primary N) is 1. The topological polar surface area (TPSA) is 46.3 Å². The second-order valence-electron chi connectivity index (χ2n) is 5.55. The highest BCUT2D eigenvalue weighted by molar-refractivity contribution is 5.82. The first-order valence-corrected chi connectivity index (χ1v) is 7.09. The fraction of sp³-hybridized carbons (Fsp3) is 0.235. The Bertz CT molecular complexity index is 672. The summed E-state index contributed by atoms with van der Waals surface area (Å²) < 4.78 is 26.4. The van der Waals surface area contributed by atoms with Gasteiger partial charge in [-0.2, -0.15) is 0 Å². The van der Waals surface area contributed by atoms with Crippen molar-refractivity contribution in [1.29, 1.82) is 0 Å². The number of halogens is 2. The Morgan fingerprint density at radius 2 is 1.64 bits per heavy atom. The van der Waals surface area contributed by atoms with Crippen LogP contribution < -0.4 is 5.73 Å². The quantitative estimate of drug-likeness (QED) is 0.946. The van der Waals surface area contributed by atoms with Gasteiger partial charge in [-0.15, -0.1) is 0 Å². The molecule has 0 spiro atoms. The smallest absolute Gasteiger partial charge is 0.240 e. The monoisotopic (exact) mass is 302 g/mol. The molecule has 0 bridgehead atoms. The molecule has 0 saturated carbocycles. The molecule has 1 amide bonds. The molecule has 0 radical (unpaired) electrons. The summed E-state index contributed by atoms with van der Waals surface area (Å²) in [5.41, 5.74) is 8.53. The third-order valence-corrected chi connectivity index (χ3v) is 3.85. The van der Waals surface area contributed by atoms with Crippen molar-refractivity contribution >= 4 is 5.91 Å². The lowest BCUT2D eigenvalue weighted by molar-refractivity contribution is -0.133. The summed E-state index contributed by atoms with van der Waals surface area (Å²) in [5.74, 6) is -1.53. The molecule has 1 atom stereocenters. The molecule has 2 aromatic carbocycles. The van der Waals surface area contributed by atoms with E-state index < -0.39 is 17.7 Å². The first-order valence-electron chi connectivity index (χ1n) is 7.09. The van der Waals surface area contributed by atoms with Gasteiger partial charge >= 0.3 is 0 Å². The fourth-order valence-electron chi connectivity index (χ4n) is 2.79. The van der Waals surface area contributed by atoms with Crippen molar-refractivity contribution < 1.29 is 13.6 Å². The van der Waals surface area contributed by atoms with E-state index in [1.165, 1.54) is 12.1 Å². The van der Waals surface area contributed by atoms with Crippen LogP contribution in [0.5, 0.6) is 0 Å². The van der Waals surface area contributed by atoms with Crippen LogP contribution >= 0.6 is 0 Å². The minimum atomic E-state index is -0.810. The van der Waals surface area contributed by atoms with Crippen molar-refractivity contribution in [2.24, 2.45) is 5.73 Å². The molecule has 1 aliphatic heterocycles. The average Bonchev–Trinajstić information content (AvgIpc) is 2.89. The third-order valence-electron chi connectivity index (χ3n) is 3.85. The average molecular weight is 302 g/mol. The molecule has 0 fully saturated rings. The summed E-state index contributed by atoms with van der Waals surface area (Å²) >= 11 is 0.